The molecular weight excluding hydrogens is 543 g/mol. The Labute approximate surface area is 281 Å². The molecule has 0 bridgehead atoms. The normalized spacial score (nSPS) is 9.78. The van der Waals surface area contributed by atoms with E-state index in [1.165, 1.54) is 0 Å². The number of carbonyl (C=O) groups is 2. The average molecular weight is 589 g/mol. The van der Waals surface area contributed by atoms with E-state index in [0.29, 0.717) is 31.1 Å². The third-order valence-corrected chi connectivity index (χ3v) is 5.61. The zero-order valence-corrected chi connectivity index (χ0v) is 27.2. The minimum Gasteiger partial charge on any atom is -0.870 e. The van der Waals surface area contributed by atoms with Gasteiger partial charge >= 0.3 is 63.3 Å². The fourth-order valence-corrected chi connectivity index (χ4v) is 3.46. The molecule has 0 aliphatic carbocycles. The number of rotatable bonds is 19. The predicted octanol–water partition coefficient (Wildman–Crippen LogP) is 2.72. The largest absolute Gasteiger partial charge is 1.00 e. The van der Waals surface area contributed by atoms with Crippen LogP contribution in [0, 0.1) is 0 Å². The fraction of sp³-hybridized carbons (Fsp3) is 0.533. The summed E-state index contributed by atoms with van der Waals surface area (Å²) in [6.45, 7) is 4.04. The summed E-state index contributed by atoms with van der Waals surface area (Å²) >= 11 is 0. The quantitative estimate of drug-likeness (QED) is 0.128. The minimum absolute atomic E-state index is 0. The Hall–Kier alpha value is -1.50. The summed E-state index contributed by atoms with van der Waals surface area (Å²) in [7, 11) is 0. The van der Waals surface area contributed by atoms with Crippen molar-refractivity contribution >= 4 is 11.9 Å². The fourth-order valence-electron chi connectivity index (χ4n) is 3.46. The van der Waals surface area contributed by atoms with Gasteiger partial charge in [0.15, 0.2) is 0 Å². The van der Waals surface area contributed by atoms with Crippen molar-refractivity contribution in [3.8, 4) is 11.5 Å². The predicted molar refractivity (Wildman–Crippen MR) is 149 cm³/mol. The first-order chi connectivity index (χ1) is 18.5. The van der Waals surface area contributed by atoms with Gasteiger partial charge in [0.05, 0.1) is 30.9 Å². The number of benzene rings is 2. The summed E-state index contributed by atoms with van der Waals surface area (Å²) in [6, 6.07) is 13.4. The maximum absolute atomic E-state index is 11.5. The van der Waals surface area contributed by atoms with E-state index in [9.17, 15) is 9.59 Å². The van der Waals surface area contributed by atoms with E-state index in [-0.39, 0.29) is 81.6 Å². The summed E-state index contributed by atoms with van der Waals surface area (Å²) in [6.07, 6.45) is 10.3. The van der Waals surface area contributed by atoms with Crippen LogP contribution in [-0.2, 0) is 4.74 Å². The van der Waals surface area contributed by atoms with Crippen LogP contribution in [0.2, 0.25) is 0 Å². The van der Waals surface area contributed by atoms with Crippen LogP contribution in [-0.4, -0.2) is 65.8 Å². The number of esters is 1. The molecule has 0 aliphatic heterocycles. The molecule has 10 heteroatoms. The Balaban J connectivity index is 0. The second-order valence-corrected chi connectivity index (χ2v) is 8.75. The molecule has 0 fully saturated rings. The van der Waals surface area contributed by atoms with E-state index in [1.54, 1.807) is 55.5 Å². The minimum atomic E-state index is -0.926. The number of carbonyl (C=O) groups excluding carboxylic acids is 1. The van der Waals surface area contributed by atoms with E-state index in [4.69, 9.17) is 29.5 Å². The van der Waals surface area contributed by atoms with Gasteiger partial charge in [-0.3, -0.25) is 0 Å². The SMILES string of the molecule is CCOC(=O)c1ccc(OCCCCCCCO)cc1.O=C(O)c1ccc(OCCCCCCCO)cc1.[K+].[OH-]. The van der Waals surface area contributed by atoms with E-state index >= 15 is 0 Å². The van der Waals surface area contributed by atoms with Crippen molar-refractivity contribution in [1.82, 2.24) is 0 Å². The smallest absolute Gasteiger partial charge is 0.870 e. The van der Waals surface area contributed by atoms with Crippen molar-refractivity contribution in [1.29, 1.82) is 0 Å². The first kappa shape index (κ1) is 40.6. The van der Waals surface area contributed by atoms with Crippen LogP contribution in [0.4, 0.5) is 0 Å². The number of ether oxygens (including phenoxy) is 3. The Morgan fingerprint density at radius 1 is 0.625 bits per heavy atom. The van der Waals surface area contributed by atoms with Gasteiger partial charge in [0.2, 0.25) is 0 Å². The van der Waals surface area contributed by atoms with Crippen LogP contribution in [0.25, 0.3) is 0 Å². The number of hydrogen-bond acceptors (Lipinski definition) is 8. The molecule has 0 heterocycles. The van der Waals surface area contributed by atoms with Crippen LogP contribution in [0.5, 0.6) is 11.5 Å². The molecule has 0 amide bonds. The van der Waals surface area contributed by atoms with Crippen molar-refractivity contribution < 1.29 is 96.0 Å². The number of unbranched alkanes of at least 4 members (excludes halogenated alkanes) is 8. The number of hydrogen-bond donors (Lipinski definition) is 3. The van der Waals surface area contributed by atoms with Gasteiger partial charge in [-0.2, -0.15) is 0 Å². The van der Waals surface area contributed by atoms with E-state index < -0.39 is 5.97 Å². The number of aliphatic hydroxyl groups excluding tert-OH is 2. The zero-order chi connectivity index (χ0) is 27.8. The third-order valence-electron chi connectivity index (χ3n) is 5.61. The molecule has 40 heavy (non-hydrogen) atoms. The molecule has 0 radical (unpaired) electrons. The first-order valence-corrected chi connectivity index (χ1v) is 13.6. The molecule has 2 aromatic carbocycles. The second kappa shape index (κ2) is 27.7. The van der Waals surface area contributed by atoms with Gasteiger partial charge in [-0.05, 0) is 81.1 Å². The van der Waals surface area contributed by atoms with Crippen LogP contribution in [0.3, 0.4) is 0 Å². The number of aliphatic hydroxyl groups is 2. The zero-order valence-electron chi connectivity index (χ0n) is 24.1. The van der Waals surface area contributed by atoms with Crippen molar-refractivity contribution in [2.24, 2.45) is 0 Å². The second-order valence-electron chi connectivity index (χ2n) is 8.75. The maximum atomic E-state index is 11.5. The Kier molecular flexibility index (Phi) is 28.1. The molecular formula is C30H45KO9. The topological polar surface area (TPSA) is 153 Å². The molecule has 0 atom stereocenters. The average Bonchev–Trinajstić information content (AvgIpc) is 2.93. The Bertz CT molecular complexity index is 874. The molecule has 2 rings (SSSR count). The summed E-state index contributed by atoms with van der Waals surface area (Å²) < 4.78 is 16.0. The van der Waals surface area contributed by atoms with Gasteiger partial charge in [-0.1, -0.05) is 38.5 Å². The molecule has 220 valence electrons. The first-order valence-electron chi connectivity index (χ1n) is 13.6. The maximum Gasteiger partial charge on any atom is 1.00 e. The van der Waals surface area contributed by atoms with Gasteiger partial charge in [-0.15, -0.1) is 0 Å². The van der Waals surface area contributed by atoms with Crippen molar-refractivity contribution in [2.75, 3.05) is 33.0 Å². The van der Waals surface area contributed by atoms with Gasteiger partial charge in [0.25, 0.3) is 0 Å². The molecule has 0 spiro atoms. The van der Waals surface area contributed by atoms with Crippen molar-refractivity contribution in [2.45, 2.75) is 71.1 Å². The van der Waals surface area contributed by atoms with Gasteiger partial charge in [-0.25, -0.2) is 9.59 Å². The molecule has 9 nitrogen and oxygen atoms in total. The monoisotopic (exact) mass is 588 g/mol. The molecule has 4 N–H and O–H groups in total. The summed E-state index contributed by atoms with van der Waals surface area (Å²) in [4.78, 5) is 22.1. The van der Waals surface area contributed by atoms with Gasteiger partial charge in [0, 0.05) is 13.2 Å². The Morgan fingerprint density at radius 3 is 1.38 bits per heavy atom. The van der Waals surface area contributed by atoms with Crippen LogP contribution in [0.1, 0.15) is 91.8 Å². The molecule has 0 aliphatic rings. The standard InChI is InChI=1S/C16H24O4.C14H20O4.K.H2O/c1-2-19-16(18)14-8-10-15(11-9-14)20-13-7-5-3-4-6-12-17;15-10-4-2-1-3-5-11-18-13-8-6-12(7-9-13)14(16)17;;/h8-11,17H,2-7,12-13H2,1H3;6-9,15H,1-5,10-11H2,(H,16,17);;1H2/q;;+1;/p-1. The molecule has 0 unspecified atom stereocenters. The number of aromatic carboxylic acids is 1. The van der Waals surface area contributed by atoms with E-state index in [2.05, 4.69) is 0 Å². The Morgan fingerprint density at radius 2 is 1.00 bits per heavy atom. The van der Waals surface area contributed by atoms with Crippen LogP contribution < -0.4 is 60.9 Å². The van der Waals surface area contributed by atoms with Crippen LogP contribution in [0.15, 0.2) is 48.5 Å². The summed E-state index contributed by atoms with van der Waals surface area (Å²) in [5.41, 5.74) is 0.814. The van der Waals surface area contributed by atoms with E-state index in [0.717, 1.165) is 70.0 Å². The van der Waals surface area contributed by atoms with Gasteiger partial charge < -0.3 is 35.0 Å². The van der Waals surface area contributed by atoms with Gasteiger partial charge in [0.1, 0.15) is 11.5 Å². The third kappa shape index (κ3) is 20.4. The molecule has 2 aromatic rings. The summed E-state index contributed by atoms with van der Waals surface area (Å²) in [5.74, 6) is 0.247. The van der Waals surface area contributed by atoms with Crippen molar-refractivity contribution in [3.05, 3.63) is 59.7 Å². The van der Waals surface area contributed by atoms with E-state index in [1.807, 2.05) is 0 Å². The van der Waals surface area contributed by atoms with Crippen molar-refractivity contribution in [3.63, 3.8) is 0 Å². The summed E-state index contributed by atoms with van der Waals surface area (Å²) in [5, 5.41) is 26.0. The number of carboxylic acids is 1. The molecule has 0 saturated heterocycles. The van der Waals surface area contributed by atoms with Crippen LogP contribution >= 0.6 is 0 Å². The molecule has 0 saturated carbocycles. The number of carboxylic acid groups (broad SMARTS) is 1. The molecule has 0 aromatic heterocycles.